The standard InChI is InChI=1S/C21H28N4O2/c1-22-21(23-15-17-6-5-8-19(14-17)26-2)24-16-18-7-3-4-9-20(18)25-10-12-27-13-11-25/h3-9,14H,10-13,15-16H2,1-2H3,(H2,22,23,24). The summed E-state index contributed by atoms with van der Waals surface area (Å²) < 4.78 is 10.7. The molecule has 0 aliphatic carbocycles. The molecule has 2 aromatic carbocycles. The maximum atomic E-state index is 5.47. The van der Waals surface area contributed by atoms with Crippen molar-refractivity contribution in [3.8, 4) is 5.75 Å². The van der Waals surface area contributed by atoms with Crippen LogP contribution in [0, 0.1) is 0 Å². The van der Waals surface area contributed by atoms with Gasteiger partial charge in [0.15, 0.2) is 5.96 Å². The summed E-state index contributed by atoms with van der Waals surface area (Å²) in [6.45, 7) is 4.82. The minimum absolute atomic E-state index is 0.683. The molecule has 0 radical (unpaired) electrons. The zero-order chi connectivity index (χ0) is 18.9. The highest BCUT2D eigenvalue weighted by molar-refractivity contribution is 5.79. The van der Waals surface area contributed by atoms with Crippen LogP contribution >= 0.6 is 0 Å². The van der Waals surface area contributed by atoms with Crippen molar-refractivity contribution in [2.75, 3.05) is 45.4 Å². The number of benzene rings is 2. The summed E-state index contributed by atoms with van der Waals surface area (Å²) in [5, 5.41) is 6.77. The molecule has 1 aliphatic rings. The van der Waals surface area contributed by atoms with Gasteiger partial charge in [-0.3, -0.25) is 4.99 Å². The van der Waals surface area contributed by atoms with E-state index in [0.29, 0.717) is 13.1 Å². The number of para-hydroxylation sites is 1. The molecule has 0 unspecified atom stereocenters. The van der Waals surface area contributed by atoms with E-state index >= 15 is 0 Å². The topological polar surface area (TPSA) is 58.1 Å². The molecule has 0 aromatic heterocycles. The number of rotatable bonds is 6. The normalized spacial score (nSPS) is 14.7. The van der Waals surface area contributed by atoms with Gasteiger partial charge in [-0.2, -0.15) is 0 Å². The zero-order valence-corrected chi connectivity index (χ0v) is 16.1. The Balaban J connectivity index is 1.58. The molecule has 27 heavy (non-hydrogen) atoms. The molecule has 0 amide bonds. The minimum Gasteiger partial charge on any atom is -0.497 e. The predicted octanol–water partition coefficient (Wildman–Crippen LogP) is 2.40. The van der Waals surface area contributed by atoms with Crippen LogP contribution in [0.5, 0.6) is 5.75 Å². The Labute approximate surface area is 161 Å². The van der Waals surface area contributed by atoms with E-state index in [0.717, 1.165) is 43.6 Å². The van der Waals surface area contributed by atoms with E-state index < -0.39 is 0 Å². The van der Waals surface area contributed by atoms with Crippen LogP contribution in [0.15, 0.2) is 53.5 Å². The van der Waals surface area contributed by atoms with E-state index in [-0.39, 0.29) is 0 Å². The van der Waals surface area contributed by atoms with Gasteiger partial charge >= 0.3 is 0 Å². The molecule has 0 spiro atoms. The average molecular weight is 368 g/mol. The Morgan fingerprint density at radius 2 is 1.85 bits per heavy atom. The number of guanidine groups is 1. The number of aliphatic imine (C=N–C) groups is 1. The van der Waals surface area contributed by atoms with Crippen LogP contribution in [-0.2, 0) is 17.8 Å². The van der Waals surface area contributed by atoms with E-state index in [1.165, 1.54) is 11.3 Å². The van der Waals surface area contributed by atoms with Crippen molar-refractivity contribution in [3.05, 3.63) is 59.7 Å². The molecule has 1 saturated heterocycles. The fraction of sp³-hybridized carbons (Fsp3) is 0.381. The second kappa shape index (κ2) is 9.83. The highest BCUT2D eigenvalue weighted by Crippen LogP contribution is 2.21. The van der Waals surface area contributed by atoms with E-state index in [2.05, 4.69) is 50.9 Å². The maximum absolute atomic E-state index is 5.47. The van der Waals surface area contributed by atoms with Gasteiger partial charge in [-0.1, -0.05) is 30.3 Å². The average Bonchev–Trinajstić information content (AvgIpc) is 2.75. The third-order valence-electron chi connectivity index (χ3n) is 4.61. The Kier molecular flexibility index (Phi) is 6.93. The van der Waals surface area contributed by atoms with Crippen LogP contribution in [-0.4, -0.2) is 46.4 Å². The molecule has 6 heteroatoms. The molecule has 144 valence electrons. The zero-order valence-electron chi connectivity index (χ0n) is 16.1. The second-order valence-corrected chi connectivity index (χ2v) is 6.36. The van der Waals surface area contributed by atoms with Crippen LogP contribution < -0.4 is 20.3 Å². The quantitative estimate of drug-likeness (QED) is 0.606. The number of hydrogen-bond acceptors (Lipinski definition) is 4. The fourth-order valence-corrected chi connectivity index (χ4v) is 3.14. The van der Waals surface area contributed by atoms with Crippen LogP contribution in [0.4, 0.5) is 5.69 Å². The Hall–Kier alpha value is -2.73. The molecule has 1 heterocycles. The third-order valence-corrected chi connectivity index (χ3v) is 4.61. The molecule has 1 aliphatic heterocycles. The first kappa shape index (κ1) is 19.0. The van der Waals surface area contributed by atoms with Gasteiger partial charge in [0.1, 0.15) is 5.75 Å². The van der Waals surface area contributed by atoms with Crippen molar-refractivity contribution >= 4 is 11.6 Å². The predicted molar refractivity (Wildman–Crippen MR) is 110 cm³/mol. The van der Waals surface area contributed by atoms with Crippen molar-refractivity contribution in [1.29, 1.82) is 0 Å². The number of nitrogens with one attached hydrogen (secondary N) is 2. The minimum atomic E-state index is 0.683. The van der Waals surface area contributed by atoms with Gasteiger partial charge in [-0.05, 0) is 29.3 Å². The molecule has 6 nitrogen and oxygen atoms in total. The molecule has 2 N–H and O–H groups in total. The molecular weight excluding hydrogens is 340 g/mol. The number of nitrogens with zero attached hydrogens (tertiary/aromatic N) is 2. The van der Waals surface area contributed by atoms with Crippen molar-refractivity contribution in [1.82, 2.24) is 10.6 Å². The molecular formula is C21H28N4O2. The van der Waals surface area contributed by atoms with Gasteiger partial charge in [-0.15, -0.1) is 0 Å². The SMILES string of the molecule is CN=C(NCc1cccc(OC)c1)NCc1ccccc1N1CCOCC1. The second-order valence-electron chi connectivity index (χ2n) is 6.36. The smallest absolute Gasteiger partial charge is 0.191 e. The van der Waals surface area contributed by atoms with Crippen molar-refractivity contribution < 1.29 is 9.47 Å². The lowest BCUT2D eigenvalue weighted by atomic mass is 10.1. The summed E-state index contributed by atoms with van der Waals surface area (Å²) >= 11 is 0. The van der Waals surface area contributed by atoms with Gasteiger partial charge in [0.2, 0.25) is 0 Å². The number of ether oxygens (including phenoxy) is 2. The van der Waals surface area contributed by atoms with Crippen molar-refractivity contribution in [2.24, 2.45) is 4.99 Å². The highest BCUT2D eigenvalue weighted by atomic mass is 16.5. The fourth-order valence-electron chi connectivity index (χ4n) is 3.14. The number of methoxy groups -OCH3 is 1. The van der Waals surface area contributed by atoms with E-state index in [1.54, 1.807) is 14.2 Å². The molecule has 3 rings (SSSR count). The first-order chi connectivity index (χ1) is 13.3. The Bertz CT molecular complexity index is 757. The molecule has 0 atom stereocenters. The van der Waals surface area contributed by atoms with Gasteiger partial charge in [0.05, 0.1) is 20.3 Å². The van der Waals surface area contributed by atoms with E-state index in [1.807, 2.05) is 18.2 Å². The van der Waals surface area contributed by atoms with Crippen molar-refractivity contribution in [3.63, 3.8) is 0 Å². The Morgan fingerprint density at radius 3 is 2.63 bits per heavy atom. The summed E-state index contributed by atoms with van der Waals surface area (Å²) in [5.74, 6) is 1.63. The Morgan fingerprint density at radius 1 is 1.07 bits per heavy atom. The molecule has 1 fully saturated rings. The first-order valence-electron chi connectivity index (χ1n) is 9.28. The molecule has 0 saturated carbocycles. The number of anilines is 1. The summed E-state index contributed by atoms with van der Waals surface area (Å²) in [6.07, 6.45) is 0. The van der Waals surface area contributed by atoms with Gasteiger partial charge in [0.25, 0.3) is 0 Å². The highest BCUT2D eigenvalue weighted by Gasteiger charge is 2.14. The molecule has 0 bridgehead atoms. The summed E-state index contributed by atoms with van der Waals surface area (Å²) in [4.78, 5) is 6.71. The number of morpholine rings is 1. The van der Waals surface area contributed by atoms with Gasteiger partial charge in [0, 0.05) is 38.9 Å². The lowest BCUT2D eigenvalue weighted by molar-refractivity contribution is 0.122. The van der Waals surface area contributed by atoms with Gasteiger partial charge < -0.3 is 25.0 Å². The summed E-state index contributed by atoms with van der Waals surface area (Å²) in [5.41, 5.74) is 3.66. The largest absolute Gasteiger partial charge is 0.497 e. The maximum Gasteiger partial charge on any atom is 0.191 e. The molecule has 2 aromatic rings. The van der Waals surface area contributed by atoms with Crippen LogP contribution in [0.25, 0.3) is 0 Å². The van der Waals surface area contributed by atoms with Crippen LogP contribution in [0.1, 0.15) is 11.1 Å². The van der Waals surface area contributed by atoms with Crippen molar-refractivity contribution in [2.45, 2.75) is 13.1 Å². The third kappa shape index (κ3) is 5.37. The monoisotopic (exact) mass is 368 g/mol. The van der Waals surface area contributed by atoms with E-state index in [4.69, 9.17) is 9.47 Å². The number of hydrogen-bond donors (Lipinski definition) is 2. The van der Waals surface area contributed by atoms with E-state index in [9.17, 15) is 0 Å². The lowest BCUT2D eigenvalue weighted by Gasteiger charge is -2.30. The summed E-state index contributed by atoms with van der Waals surface area (Å²) in [6, 6.07) is 16.5. The first-order valence-corrected chi connectivity index (χ1v) is 9.28. The van der Waals surface area contributed by atoms with Crippen LogP contribution in [0.2, 0.25) is 0 Å². The summed E-state index contributed by atoms with van der Waals surface area (Å²) in [7, 11) is 3.47. The van der Waals surface area contributed by atoms with Crippen LogP contribution in [0.3, 0.4) is 0 Å². The van der Waals surface area contributed by atoms with Gasteiger partial charge in [-0.25, -0.2) is 0 Å². The lowest BCUT2D eigenvalue weighted by Crippen LogP contribution is -2.38.